The van der Waals surface area contributed by atoms with E-state index in [2.05, 4.69) is 10.0 Å². The Balaban J connectivity index is 2.29. The summed E-state index contributed by atoms with van der Waals surface area (Å²) in [7, 11) is -2.21. The number of halogens is 1. The SMILES string of the molecule is CNC(=O)c1ccc(NS(=O)(=O)c2cccc(Cl)c2C)cc1. The van der Waals surface area contributed by atoms with Crippen molar-refractivity contribution in [3.05, 3.63) is 58.6 Å². The standard InChI is InChI=1S/C15H15ClN2O3S/c1-10-13(16)4-3-5-14(10)22(20,21)18-12-8-6-11(7-9-12)15(19)17-2/h3-9,18H,1-2H3,(H,17,19). The Labute approximate surface area is 134 Å². The van der Waals surface area contributed by atoms with E-state index in [1.165, 1.54) is 25.2 Å². The highest BCUT2D eigenvalue weighted by molar-refractivity contribution is 7.92. The van der Waals surface area contributed by atoms with Gasteiger partial charge in [-0.25, -0.2) is 8.42 Å². The molecule has 0 aromatic heterocycles. The van der Waals surface area contributed by atoms with Crippen LogP contribution in [0.15, 0.2) is 47.4 Å². The van der Waals surface area contributed by atoms with Crippen LogP contribution in [0.1, 0.15) is 15.9 Å². The van der Waals surface area contributed by atoms with Crippen LogP contribution in [0, 0.1) is 6.92 Å². The minimum Gasteiger partial charge on any atom is -0.355 e. The van der Waals surface area contributed by atoms with E-state index in [4.69, 9.17) is 11.6 Å². The van der Waals surface area contributed by atoms with Gasteiger partial charge in [-0.3, -0.25) is 9.52 Å². The molecule has 0 aliphatic rings. The zero-order valence-corrected chi connectivity index (χ0v) is 13.6. The molecule has 7 heteroatoms. The predicted molar refractivity (Wildman–Crippen MR) is 86.8 cm³/mol. The Bertz CT molecular complexity index is 802. The summed E-state index contributed by atoms with van der Waals surface area (Å²) in [6.45, 7) is 1.64. The molecule has 0 heterocycles. The van der Waals surface area contributed by atoms with Crippen molar-refractivity contribution in [3.8, 4) is 0 Å². The van der Waals surface area contributed by atoms with Crippen molar-refractivity contribution in [1.82, 2.24) is 5.32 Å². The molecule has 22 heavy (non-hydrogen) atoms. The van der Waals surface area contributed by atoms with E-state index in [0.717, 1.165) is 0 Å². The van der Waals surface area contributed by atoms with Gasteiger partial charge in [-0.15, -0.1) is 0 Å². The van der Waals surface area contributed by atoms with Crippen LogP contribution < -0.4 is 10.0 Å². The average Bonchev–Trinajstić information content (AvgIpc) is 2.49. The van der Waals surface area contributed by atoms with Crippen LogP contribution in [0.25, 0.3) is 0 Å². The molecule has 2 N–H and O–H groups in total. The number of benzene rings is 2. The summed E-state index contributed by atoms with van der Waals surface area (Å²) in [5, 5.41) is 2.88. The van der Waals surface area contributed by atoms with Crippen molar-refractivity contribution in [2.75, 3.05) is 11.8 Å². The lowest BCUT2D eigenvalue weighted by Crippen LogP contribution is -2.18. The second-order valence-electron chi connectivity index (χ2n) is 4.62. The molecule has 0 aliphatic heterocycles. The number of nitrogens with one attached hydrogen (secondary N) is 2. The number of carbonyl (C=O) groups is 1. The maximum absolute atomic E-state index is 12.4. The third-order valence-electron chi connectivity index (χ3n) is 3.13. The Hall–Kier alpha value is -2.05. The largest absolute Gasteiger partial charge is 0.355 e. The van der Waals surface area contributed by atoms with Crippen molar-refractivity contribution in [3.63, 3.8) is 0 Å². The molecule has 0 atom stereocenters. The van der Waals surface area contributed by atoms with Crippen LogP contribution in [0.4, 0.5) is 5.69 Å². The molecule has 0 saturated carbocycles. The van der Waals surface area contributed by atoms with E-state index in [1.54, 1.807) is 31.2 Å². The molecule has 0 fully saturated rings. The highest BCUT2D eigenvalue weighted by atomic mass is 35.5. The van der Waals surface area contributed by atoms with Gasteiger partial charge in [-0.2, -0.15) is 0 Å². The Morgan fingerprint density at radius 1 is 1.09 bits per heavy atom. The lowest BCUT2D eigenvalue weighted by Gasteiger charge is -2.11. The Morgan fingerprint density at radius 3 is 2.32 bits per heavy atom. The van der Waals surface area contributed by atoms with Gasteiger partial charge in [0.15, 0.2) is 0 Å². The molecule has 5 nitrogen and oxygen atoms in total. The van der Waals surface area contributed by atoms with E-state index in [9.17, 15) is 13.2 Å². The summed E-state index contributed by atoms with van der Waals surface area (Å²) in [6.07, 6.45) is 0. The zero-order chi connectivity index (χ0) is 16.3. The summed E-state index contributed by atoms with van der Waals surface area (Å²) in [5.41, 5.74) is 1.30. The van der Waals surface area contributed by atoms with Crippen molar-refractivity contribution < 1.29 is 13.2 Å². The van der Waals surface area contributed by atoms with Crippen LogP contribution in [0.5, 0.6) is 0 Å². The monoisotopic (exact) mass is 338 g/mol. The van der Waals surface area contributed by atoms with Gasteiger partial charge in [0.1, 0.15) is 0 Å². The van der Waals surface area contributed by atoms with Crippen LogP contribution >= 0.6 is 11.6 Å². The highest BCUT2D eigenvalue weighted by Gasteiger charge is 2.18. The van der Waals surface area contributed by atoms with Gasteiger partial charge in [-0.05, 0) is 48.9 Å². The number of sulfonamides is 1. The molecule has 2 rings (SSSR count). The molecular weight excluding hydrogens is 324 g/mol. The van der Waals surface area contributed by atoms with Crippen LogP contribution in [-0.2, 0) is 10.0 Å². The topological polar surface area (TPSA) is 75.3 Å². The molecule has 2 aromatic carbocycles. The van der Waals surface area contributed by atoms with Gasteiger partial charge in [-0.1, -0.05) is 17.7 Å². The number of hydrogen-bond acceptors (Lipinski definition) is 3. The number of amides is 1. The molecule has 2 aromatic rings. The summed E-state index contributed by atoms with van der Waals surface area (Å²) in [4.78, 5) is 11.6. The van der Waals surface area contributed by atoms with E-state index in [0.29, 0.717) is 21.8 Å². The number of anilines is 1. The minimum atomic E-state index is -3.74. The summed E-state index contributed by atoms with van der Waals surface area (Å²) in [6, 6.07) is 10.8. The normalized spacial score (nSPS) is 11.0. The number of hydrogen-bond donors (Lipinski definition) is 2. The molecule has 0 unspecified atom stereocenters. The van der Waals surface area contributed by atoms with Gasteiger partial charge in [0.25, 0.3) is 15.9 Å². The van der Waals surface area contributed by atoms with Crippen molar-refractivity contribution >= 4 is 33.2 Å². The van der Waals surface area contributed by atoms with E-state index < -0.39 is 10.0 Å². The van der Waals surface area contributed by atoms with Gasteiger partial charge in [0.05, 0.1) is 4.90 Å². The fourth-order valence-electron chi connectivity index (χ4n) is 1.92. The quantitative estimate of drug-likeness (QED) is 0.900. The summed E-state index contributed by atoms with van der Waals surface area (Å²) < 4.78 is 27.3. The van der Waals surface area contributed by atoms with Gasteiger partial charge < -0.3 is 5.32 Å². The van der Waals surface area contributed by atoms with E-state index in [1.807, 2.05) is 0 Å². The fraction of sp³-hybridized carbons (Fsp3) is 0.133. The average molecular weight is 339 g/mol. The first-order chi connectivity index (χ1) is 10.3. The first-order valence-electron chi connectivity index (χ1n) is 6.45. The van der Waals surface area contributed by atoms with E-state index in [-0.39, 0.29) is 10.8 Å². The van der Waals surface area contributed by atoms with Crippen molar-refractivity contribution in [1.29, 1.82) is 0 Å². The lowest BCUT2D eigenvalue weighted by molar-refractivity contribution is 0.0963. The van der Waals surface area contributed by atoms with Crippen LogP contribution in [-0.4, -0.2) is 21.4 Å². The molecule has 116 valence electrons. The molecule has 0 radical (unpaired) electrons. The van der Waals surface area contributed by atoms with Crippen LogP contribution in [0.3, 0.4) is 0 Å². The van der Waals surface area contributed by atoms with Gasteiger partial charge >= 0.3 is 0 Å². The molecule has 1 amide bonds. The second-order valence-corrected chi connectivity index (χ2v) is 6.68. The van der Waals surface area contributed by atoms with E-state index >= 15 is 0 Å². The third kappa shape index (κ3) is 3.40. The fourth-order valence-corrected chi connectivity index (χ4v) is 3.48. The van der Waals surface area contributed by atoms with Crippen molar-refractivity contribution in [2.45, 2.75) is 11.8 Å². The molecule has 0 spiro atoms. The smallest absolute Gasteiger partial charge is 0.262 e. The third-order valence-corrected chi connectivity index (χ3v) is 5.07. The summed E-state index contributed by atoms with van der Waals surface area (Å²) in [5.74, 6) is -0.236. The Kier molecular flexibility index (Phi) is 4.73. The maximum Gasteiger partial charge on any atom is 0.262 e. The zero-order valence-electron chi connectivity index (χ0n) is 12.1. The number of rotatable bonds is 4. The second kappa shape index (κ2) is 6.37. The van der Waals surface area contributed by atoms with Crippen molar-refractivity contribution in [2.24, 2.45) is 0 Å². The first-order valence-corrected chi connectivity index (χ1v) is 8.31. The van der Waals surface area contributed by atoms with Gasteiger partial charge in [0.2, 0.25) is 0 Å². The maximum atomic E-state index is 12.4. The van der Waals surface area contributed by atoms with Gasteiger partial charge in [0, 0.05) is 23.3 Å². The molecule has 0 bridgehead atoms. The highest BCUT2D eigenvalue weighted by Crippen LogP contribution is 2.24. The Morgan fingerprint density at radius 2 is 1.73 bits per heavy atom. The lowest BCUT2D eigenvalue weighted by atomic mass is 10.2. The van der Waals surface area contributed by atoms with Crippen LogP contribution in [0.2, 0.25) is 5.02 Å². The summed E-state index contributed by atoms with van der Waals surface area (Å²) >= 11 is 5.96. The molecule has 0 saturated heterocycles. The predicted octanol–water partition coefficient (Wildman–Crippen LogP) is 2.81. The molecule has 0 aliphatic carbocycles. The number of carbonyl (C=O) groups excluding carboxylic acids is 1. The molecular formula is C15H15ClN2O3S. The first kappa shape index (κ1) is 16.3. The minimum absolute atomic E-state index is 0.121.